The smallest absolute Gasteiger partial charge is 0.201 e. The van der Waals surface area contributed by atoms with E-state index >= 15 is 0 Å². The molecule has 2 N–H and O–H groups in total. The van der Waals surface area contributed by atoms with Crippen LogP contribution in [0, 0.1) is 11.2 Å². The summed E-state index contributed by atoms with van der Waals surface area (Å²) in [6, 6.07) is 3.14. The van der Waals surface area contributed by atoms with Gasteiger partial charge in [-0.25, -0.2) is 9.37 Å². The van der Waals surface area contributed by atoms with Gasteiger partial charge in [0.25, 0.3) is 0 Å². The third-order valence-corrected chi connectivity index (χ3v) is 3.63. The number of anilines is 1. The molecule has 1 unspecified atom stereocenters. The number of nitrogen functional groups attached to an aromatic ring is 1. The number of halogens is 1. The zero-order chi connectivity index (χ0) is 14.4. The molecule has 0 fully saturated rings. The van der Waals surface area contributed by atoms with Gasteiger partial charge in [-0.15, -0.1) is 0 Å². The Morgan fingerprint density at radius 1 is 1.37 bits per heavy atom. The van der Waals surface area contributed by atoms with Crippen molar-refractivity contribution in [1.29, 1.82) is 0 Å². The quantitative estimate of drug-likeness (QED) is 0.905. The standard InChI is InChI=1S/C14H20FN3O/c1-8(14(2,3)4)18-11-7-12(19-5)9(15)6-10(11)17-13(18)16/h6-8H,1-5H3,(H2,16,17). The molecule has 2 rings (SSSR count). The van der Waals surface area contributed by atoms with Crippen LogP contribution >= 0.6 is 0 Å². The fraction of sp³-hybridized carbons (Fsp3) is 0.500. The van der Waals surface area contributed by atoms with Gasteiger partial charge in [-0.3, -0.25) is 0 Å². The van der Waals surface area contributed by atoms with Crippen LogP contribution in [0.2, 0.25) is 0 Å². The summed E-state index contributed by atoms with van der Waals surface area (Å²) in [4.78, 5) is 4.23. The van der Waals surface area contributed by atoms with Crippen molar-refractivity contribution in [3.63, 3.8) is 0 Å². The first-order chi connectivity index (χ1) is 8.75. The molecule has 0 aliphatic carbocycles. The number of fused-ring (bicyclic) bond motifs is 1. The van der Waals surface area contributed by atoms with E-state index in [4.69, 9.17) is 10.5 Å². The van der Waals surface area contributed by atoms with Gasteiger partial charge in [0, 0.05) is 18.2 Å². The van der Waals surface area contributed by atoms with Gasteiger partial charge in [0.1, 0.15) is 0 Å². The number of imidazole rings is 1. The summed E-state index contributed by atoms with van der Waals surface area (Å²) in [5.41, 5.74) is 7.34. The highest BCUT2D eigenvalue weighted by Gasteiger charge is 2.26. The van der Waals surface area contributed by atoms with Crippen molar-refractivity contribution in [1.82, 2.24) is 9.55 Å². The maximum absolute atomic E-state index is 13.7. The number of aromatic nitrogens is 2. The van der Waals surface area contributed by atoms with Crippen LogP contribution in [-0.2, 0) is 0 Å². The Morgan fingerprint density at radius 2 is 2.00 bits per heavy atom. The van der Waals surface area contributed by atoms with Gasteiger partial charge in [-0.05, 0) is 12.3 Å². The van der Waals surface area contributed by atoms with Crippen LogP contribution in [0.1, 0.15) is 33.7 Å². The molecule has 19 heavy (non-hydrogen) atoms. The van der Waals surface area contributed by atoms with Crippen LogP contribution in [-0.4, -0.2) is 16.7 Å². The zero-order valence-electron chi connectivity index (χ0n) is 12.0. The largest absolute Gasteiger partial charge is 0.494 e. The van der Waals surface area contributed by atoms with E-state index in [9.17, 15) is 4.39 Å². The molecule has 1 aromatic carbocycles. The summed E-state index contributed by atoms with van der Waals surface area (Å²) in [6.45, 7) is 8.46. The Bertz CT molecular complexity index is 613. The van der Waals surface area contributed by atoms with Crippen LogP contribution in [0.3, 0.4) is 0 Å². The normalized spacial score (nSPS) is 13.8. The molecule has 2 aromatic rings. The molecule has 0 aliphatic heterocycles. The predicted molar refractivity (Wildman–Crippen MR) is 74.8 cm³/mol. The average Bonchev–Trinajstić information content (AvgIpc) is 2.60. The fourth-order valence-corrected chi connectivity index (χ4v) is 2.07. The Morgan fingerprint density at radius 3 is 2.53 bits per heavy atom. The van der Waals surface area contributed by atoms with Crippen molar-refractivity contribution < 1.29 is 9.13 Å². The van der Waals surface area contributed by atoms with Crippen LogP contribution in [0.4, 0.5) is 10.3 Å². The minimum atomic E-state index is -0.428. The first kappa shape index (κ1) is 13.6. The number of ether oxygens (including phenoxy) is 1. The van der Waals surface area contributed by atoms with Crippen molar-refractivity contribution in [2.24, 2.45) is 5.41 Å². The van der Waals surface area contributed by atoms with E-state index in [0.717, 1.165) is 5.52 Å². The number of benzene rings is 1. The molecule has 0 bridgehead atoms. The van der Waals surface area contributed by atoms with E-state index < -0.39 is 5.82 Å². The van der Waals surface area contributed by atoms with Crippen LogP contribution in [0.25, 0.3) is 11.0 Å². The highest BCUT2D eigenvalue weighted by Crippen LogP contribution is 2.36. The molecule has 0 spiro atoms. The lowest BCUT2D eigenvalue weighted by Gasteiger charge is -2.29. The van der Waals surface area contributed by atoms with Crippen LogP contribution in [0.5, 0.6) is 5.75 Å². The summed E-state index contributed by atoms with van der Waals surface area (Å²) in [6.07, 6.45) is 0. The Hall–Kier alpha value is -1.78. The number of nitrogens with two attached hydrogens (primary N) is 1. The van der Waals surface area contributed by atoms with Crippen molar-refractivity contribution in [2.45, 2.75) is 33.7 Å². The topological polar surface area (TPSA) is 53.1 Å². The van der Waals surface area contributed by atoms with E-state index in [1.807, 2.05) is 4.57 Å². The maximum atomic E-state index is 13.7. The van der Waals surface area contributed by atoms with Gasteiger partial charge >= 0.3 is 0 Å². The van der Waals surface area contributed by atoms with E-state index in [-0.39, 0.29) is 17.2 Å². The molecule has 5 heteroatoms. The molecule has 4 nitrogen and oxygen atoms in total. The third kappa shape index (κ3) is 2.25. The van der Waals surface area contributed by atoms with Crippen molar-refractivity contribution >= 4 is 17.0 Å². The van der Waals surface area contributed by atoms with Gasteiger partial charge < -0.3 is 15.0 Å². The van der Waals surface area contributed by atoms with Crippen molar-refractivity contribution in [3.8, 4) is 5.75 Å². The monoisotopic (exact) mass is 265 g/mol. The Kier molecular flexibility index (Phi) is 3.16. The summed E-state index contributed by atoms with van der Waals surface area (Å²) in [5, 5.41) is 0. The third-order valence-electron chi connectivity index (χ3n) is 3.63. The van der Waals surface area contributed by atoms with E-state index in [1.165, 1.54) is 13.2 Å². The molecule has 0 saturated heterocycles. The lowest BCUT2D eigenvalue weighted by Crippen LogP contribution is -2.22. The second kappa shape index (κ2) is 4.40. The second-order valence-electron chi connectivity index (χ2n) is 5.86. The lowest BCUT2D eigenvalue weighted by atomic mass is 9.88. The highest BCUT2D eigenvalue weighted by molar-refractivity contribution is 5.80. The molecule has 1 atom stereocenters. The predicted octanol–water partition coefficient (Wildman–Crippen LogP) is 3.37. The molecule has 1 heterocycles. The molecule has 1 aromatic heterocycles. The van der Waals surface area contributed by atoms with Crippen LogP contribution in [0.15, 0.2) is 12.1 Å². The van der Waals surface area contributed by atoms with E-state index in [1.54, 1.807) is 6.07 Å². The first-order valence-corrected chi connectivity index (χ1v) is 6.26. The molecular formula is C14H20FN3O. The maximum Gasteiger partial charge on any atom is 0.201 e. The van der Waals surface area contributed by atoms with Gasteiger partial charge in [-0.1, -0.05) is 20.8 Å². The van der Waals surface area contributed by atoms with Crippen molar-refractivity contribution in [3.05, 3.63) is 17.9 Å². The van der Waals surface area contributed by atoms with Gasteiger partial charge in [0.05, 0.1) is 18.1 Å². The molecule has 0 radical (unpaired) electrons. The molecule has 0 aliphatic rings. The number of methoxy groups -OCH3 is 1. The summed E-state index contributed by atoms with van der Waals surface area (Å²) >= 11 is 0. The van der Waals surface area contributed by atoms with Gasteiger partial charge in [0.2, 0.25) is 5.95 Å². The van der Waals surface area contributed by atoms with Crippen molar-refractivity contribution in [2.75, 3.05) is 12.8 Å². The summed E-state index contributed by atoms with van der Waals surface area (Å²) < 4.78 is 20.6. The van der Waals surface area contributed by atoms with E-state index in [2.05, 4.69) is 32.7 Å². The zero-order valence-corrected chi connectivity index (χ0v) is 12.0. The molecule has 104 valence electrons. The van der Waals surface area contributed by atoms with E-state index in [0.29, 0.717) is 11.5 Å². The van der Waals surface area contributed by atoms with Gasteiger partial charge in [0.15, 0.2) is 11.6 Å². The SMILES string of the molecule is COc1cc2c(cc1F)nc(N)n2C(C)C(C)(C)C. The van der Waals surface area contributed by atoms with Crippen LogP contribution < -0.4 is 10.5 Å². The Labute approximate surface area is 112 Å². The minimum absolute atomic E-state index is 0.0172. The fourth-order valence-electron chi connectivity index (χ4n) is 2.07. The number of hydrogen-bond acceptors (Lipinski definition) is 3. The minimum Gasteiger partial charge on any atom is -0.494 e. The first-order valence-electron chi connectivity index (χ1n) is 6.26. The second-order valence-corrected chi connectivity index (χ2v) is 5.86. The molecule has 0 amide bonds. The number of rotatable bonds is 2. The highest BCUT2D eigenvalue weighted by atomic mass is 19.1. The van der Waals surface area contributed by atoms with Gasteiger partial charge in [-0.2, -0.15) is 0 Å². The lowest BCUT2D eigenvalue weighted by molar-refractivity contribution is 0.270. The number of hydrogen-bond donors (Lipinski definition) is 1. The summed E-state index contributed by atoms with van der Waals surface area (Å²) in [7, 11) is 1.45. The number of nitrogens with zero attached hydrogens (tertiary/aromatic N) is 2. The average molecular weight is 265 g/mol. The molecule has 0 saturated carbocycles. The molecular weight excluding hydrogens is 245 g/mol. The summed E-state index contributed by atoms with van der Waals surface area (Å²) in [5.74, 6) is 0.169. The Balaban J connectivity index is 2.70.